The summed E-state index contributed by atoms with van der Waals surface area (Å²) in [5, 5.41) is 11.9. The van der Waals surface area contributed by atoms with Crippen LogP contribution in [-0.2, 0) is 23.2 Å². The highest BCUT2D eigenvalue weighted by atomic mass is 32.2. The van der Waals surface area contributed by atoms with Crippen molar-refractivity contribution in [1.82, 2.24) is 19.2 Å². The van der Waals surface area contributed by atoms with E-state index in [1.54, 1.807) is 15.6 Å². The molecule has 1 N–H and O–H groups in total. The van der Waals surface area contributed by atoms with Gasteiger partial charge in [-0.3, -0.25) is 19.7 Å². The van der Waals surface area contributed by atoms with Crippen LogP contribution in [0.3, 0.4) is 0 Å². The van der Waals surface area contributed by atoms with Gasteiger partial charge in [-0.05, 0) is 62.4 Å². The van der Waals surface area contributed by atoms with Gasteiger partial charge in [0.15, 0.2) is 0 Å². The molecule has 0 aliphatic carbocycles. The summed E-state index contributed by atoms with van der Waals surface area (Å²) in [7, 11) is -1.69. The third-order valence-corrected chi connectivity index (χ3v) is 8.83. The maximum Gasteiger partial charge on any atom is 0.305 e. The fourth-order valence-electron chi connectivity index (χ4n) is 4.03. The minimum Gasteiger partial charge on any atom is -0.299 e. The first kappa shape index (κ1) is 28.9. The number of nitrogens with zero attached hydrogens (tertiary/aromatic N) is 5. The number of aryl methyl sites for hydroxylation is 1. The number of thiophene rings is 1. The molecule has 12 heteroatoms. The van der Waals surface area contributed by atoms with E-state index in [0.717, 1.165) is 48.7 Å². The first-order valence-corrected chi connectivity index (χ1v) is 14.8. The number of unbranched alkanes of at least 4 members (excludes halogenated alkanes) is 2. The first-order chi connectivity index (χ1) is 17.6. The molecule has 2 aromatic heterocycles. The van der Waals surface area contributed by atoms with Crippen LogP contribution in [0.4, 0.5) is 11.4 Å². The van der Waals surface area contributed by atoms with Crippen LogP contribution in [0.15, 0.2) is 30.6 Å². The Bertz CT molecular complexity index is 1290. The molecule has 0 radical (unpaired) electrons. The van der Waals surface area contributed by atoms with Gasteiger partial charge in [-0.2, -0.15) is 12.7 Å². The van der Waals surface area contributed by atoms with Crippen LogP contribution in [0.1, 0.15) is 55.8 Å². The van der Waals surface area contributed by atoms with E-state index in [2.05, 4.69) is 40.4 Å². The van der Waals surface area contributed by atoms with Crippen molar-refractivity contribution < 1.29 is 13.3 Å². The van der Waals surface area contributed by atoms with Gasteiger partial charge >= 0.3 is 15.9 Å². The number of aromatic nitrogens is 2. The maximum atomic E-state index is 13.1. The van der Waals surface area contributed by atoms with E-state index in [0.29, 0.717) is 31.1 Å². The Balaban J connectivity index is 1.72. The zero-order chi connectivity index (χ0) is 27.0. The number of hydrogen-bond acceptors (Lipinski definition) is 8. The van der Waals surface area contributed by atoms with Gasteiger partial charge in [0.2, 0.25) is 0 Å². The van der Waals surface area contributed by atoms with Gasteiger partial charge in [-0.1, -0.05) is 26.7 Å². The second-order valence-electron chi connectivity index (χ2n) is 9.16. The molecule has 202 valence electrons. The molecular formula is C25H36N6O4S2. The molecule has 10 nitrogen and oxygen atoms in total. The van der Waals surface area contributed by atoms with Crippen molar-refractivity contribution in [2.45, 2.75) is 59.4 Å². The highest BCUT2D eigenvalue weighted by Crippen LogP contribution is 2.33. The summed E-state index contributed by atoms with van der Waals surface area (Å²) < 4.78 is 31.8. The van der Waals surface area contributed by atoms with E-state index in [1.165, 1.54) is 22.8 Å². The number of likely N-dealkylation sites (N-methyl/N-ethyl adjacent to an activating group) is 1. The molecule has 2 heterocycles. The summed E-state index contributed by atoms with van der Waals surface area (Å²) in [5.74, 6) is 0.521. The Hall–Kier alpha value is -2.67. The standard InChI is InChI=1S/C25H36N6O4S2/c1-5-7-12-30(13-8-6-2)37(34,35)28-20-9-10-24-23(15-20)22(19(3)36-24)11-14-29(4)18-25-26-16-21(17-27-25)31(32)33/h9-10,15-17,28H,5-8,11-14,18H2,1-4H3. The summed E-state index contributed by atoms with van der Waals surface area (Å²) in [4.78, 5) is 21.7. The average Bonchev–Trinajstić information content (AvgIpc) is 3.16. The van der Waals surface area contributed by atoms with E-state index in [9.17, 15) is 18.5 Å². The third kappa shape index (κ3) is 7.91. The second-order valence-corrected chi connectivity index (χ2v) is 12.1. The number of benzene rings is 1. The van der Waals surface area contributed by atoms with Gasteiger partial charge in [0.1, 0.15) is 18.2 Å². The van der Waals surface area contributed by atoms with Crippen molar-refractivity contribution in [2.24, 2.45) is 0 Å². The van der Waals surface area contributed by atoms with Crippen molar-refractivity contribution in [3.63, 3.8) is 0 Å². The average molecular weight is 549 g/mol. The fraction of sp³-hybridized carbons (Fsp3) is 0.520. The summed E-state index contributed by atoms with van der Waals surface area (Å²) in [5.41, 5.74) is 1.63. The first-order valence-electron chi connectivity index (χ1n) is 12.6. The number of hydrogen-bond donors (Lipinski definition) is 1. The van der Waals surface area contributed by atoms with E-state index >= 15 is 0 Å². The summed E-state index contributed by atoms with van der Waals surface area (Å²) in [6.07, 6.45) is 6.75. The van der Waals surface area contributed by atoms with Gasteiger partial charge in [-0.25, -0.2) is 9.97 Å². The molecule has 1 aromatic carbocycles. The minimum absolute atomic E-state index is 0.128. The lowest BCUT2D eigenvalue weighted by molar-refractivity contribution is -0.385. The Morgan fingerprint density at radius 1 is 1.08 bits per heavy atom. The van der Waals surface area contributed by atoms with E-state index in [4.69, 9.17) is 0 Å². The quantitative estimate of drug-likeness (QED) is 0.206. The molecule has 0 atom stereocenters. The molecule has 0 unspecified atom stereocenters. The molecule has 0 saturated carbocycles. The SMILES string of the molecule is CCCCN(CCCC)S(=O)(=O)Nc1ccc2sc(C)c(CCN(C)Cc3ncc([N+](=O)[O-])cn3)c2c1. The Morgan fingerprint density at radius 3 is 2.32 bits per heavy atom. The van der Waals surface area contributed by atoms with E-state index < -0.39 is 15.1 Å². The lowest BCUT2D eigenvalue weighted by atomic mass is 10.1. The number of anilines is 1. The van der Waals surface area contributed by atoms with Crippen LogP contribution in [0, 0.1) is 17.0 Å². The smallest absolute Gasteiger partial charge is 0.299 e. The maximum absolute atomic E-state index is 13.1. The lowest BCUT2D eigenvalue weighted by Gasteiger charge is -2.22. The molecular weight excluding hydrogens is 512 g/mol. The van der Waals surface area contributed by atoms with Gasteiger partial charge in [0.25, 0.3) is 0 Å². The van der Waals surface area contributed by atoms with Crippen molar-refractivity contribution in [3.05, 3.63) is 57.0 Å². The van der Waals surface area contributed by atoms with Gasteiger partial charge in [0, 0.05) is 29.2 Å². The minimum atomic E-state index is -3.64. The molecule has 0 spiro atoms. The van der Waals surface area contributed by atoms with Crippen LogP contribution in [0.5, 0.6) is 0 Å². The fourth-order valence-corrected chi connectivity index (χ4v) is 6.41. The second kappa shape index (κ2) is 13.2. The van der Waals surface area contributed by atoms with Crippen LogP contribution < -0.4 is 4.72 Å². The van der Waals surface area contributed by atoms with Crippen LogP contribution in [0.2, 0.25) is 0 Å². The number of nitrogens with one attached hydrogen (secondary N) is 1. The van der Waals surface area contributed by atoms with Crippen molar-refractivity contribution in [3.8, 4) is 0 Å². The molecule has 37 heavy (non-hydrogen) atoms. The largest absolute Gasteiger partial charge is 0.305 e. The Morgan fingerprint density at radius 2 is 1.73 bits per heavy atom. The highest BCUT2D eigenvalue weighted by molar-refractivity contribution is 7.90. The van der Waals surface area contributed by atoms with Gasteiger partial charge in [-0.15, -0.1) is 11.3 Å². The zero-order valence-corrected chi connectivity index (χ0v) is 23.6. The summed E-state index contributed by atoms with van der Waals surface area (Å²) in [6.45, 7) is 8.43. The highest BCUT2D eigenvalue weighted by Gasteiger charge is 2.21. The third-order valence-electron chi connectivity index (χ3n) is 6.16. The predicted octanol–water partition coefficient (Wildman–Crippen LogP) is 5.14. The molecule has 0 saturated heterocycles. The van der Waals surface area contributed by atoms with Crippen LogP contribution in [0.25, 0.3) is 10.1 Å². The van der Waals surface area contributed by atoms with Crippen LogP contribution >= 0.6 is 11.3 Å². The molecule has 0 aliphatic rings. The molecule has 0 bridgehead atoms. The van der Waals surface area contributed by atoms with Crippen molar-refractivity contribution in [1.29, 1.82) is 0 Å². The molecule has 3 aromatic rings. The Labute approximate surface area is 223 Å². The molecule has 0 amide bonds. The molecule has 3 rings (SSSR count). The van der Waals surface area contributed by atoms with Crippen LogP contribution in [-0.4, -0.2) is 59.2 Å². The number of fused-ring (bicyclic) bond motifs is 1. The predicted molar refractivity (Wildman–Crippen MR) is 149 cm³/mol. The zero-order valence-electron chi connectivity index (χ0n) is 21.9. The normalized spacial score (nSPS) is 12.1. The van der Waals surface area contributed by atoms with Crippen molar-refractivity contribution >= 4 is 43.0 Å². The summed E-state index contributed by atoms with van der Waals surface area (Å²) >= 11 is 1.70. The van der Waals surface area contributed by atoms with Gasteiger partial charge < -0.3 is 0 Å². The molecule has 0 aliphatic heterocycles. The molecule has 0 fully saturated rings. The van der Waals surface area contributed by atoms with E-state index in [-0.39, 0.29) is 5.69 Å². The number of nitro groups is 1. The number of rotatable bonds is 15. The Kier molecular flexibility index (Phi) is 10.3. The monoisotopic (exact) mass is 548 g/mol. The topological polar surface area (TPSA) is 122 Å². The van der Waals surface area contributed by atoms with E-state index in [1.807, 2.05) is 25.2 Å². The summed E-state index contributed by atoms with van der Waals surface area (Å²) in [6, 6.07) is 5.74. The van der Waals surface area contributed by atoms with Crippen molar-refractivity contribution in [2.75, 3.05) is 31.4 Å². The lowest BCUT2D eigenvalue weighted by Crippen LogP contribution is -2.37. The van der Waals surface area contributed by atoms with Gasteiger partial charge in [0.05, 0.1) is 17.2 Å².